The van der Waals surface area contributed by atoms with Gasteiger partial charge in [0.25, 0.3) is 5.91 Å². The summed E-state index contributed by atoms with van der Waals surface area (Å²) in [5, 5.41) is 5.24. The molecule has 2 N–H and O–H groups in total. The van der Waals surface area contributed by atoms with Gasteiger partial charge in [-0.3, -0.25) is 9.59 Å². The second kappa shape index (κ2) is 6.42. The molecule has 0 spiro atoms. The van der Waals surface area contributed by atoms with Crippen molar-refractivity contribution in [2.75, 3.05) is 13.1 Å². The first kappa shape index (κ1) is 12.0. The second-order valence-electron chi connectivity index (χ2n) is 2.79. The summed E-state index contributed by atoms with van der Waals surface area (Å²) < 4.78 is 0.600. The normalized spacial score (nSPS) is 9.67. The summed E-state index contributed by atoms with van der Waals surface area (Å²) in [7, 11) is 0. The summed E-state index contributed by atoms with van der Waals surface area (Å²) in [5.74, 6) is -0.127. The Morgan fingerprint density at radius 3 is 2.87 bits per heavy atom. The molecule has 0 aliphatic heterocycles. The summed E-state index contributed by atoms with van der Waals surface area (Å²) in [4.78, 5) is 22.0. The number of rotatable bonds is 6. The maximum absolute atomic E-state index is 11.4. The second-order valence-corrected chi connectivity index (χ2v) is 4.50. The zero-order chi connectivity index (χ0) is 11.1. The molecule has 0 saturated carbocycles. The number of hydrogen-bond donors (Lipinski definition) is 2. The molecule has 0 radical (unpaired) electrons. The van der Waals surface area contributed by atoms with Gasteiger partial charge in [-0.05, 0) is 18.6 Å². The van der Waals surface area contributed by atoms with E-state index in [-0.39, 0.29) is 5.91 Å². The van der Waals surface area contributed by atoms with Crippen LogP contribution in [-0.4, -0.2) is 25.4 Å². The molecule has 2 amide bonds. The topological polar surface area (TPSA) is 58.2 Å². The minimum Gasteiger partial charge on any atom is -0.359 e. The molecule has 1 heterocycles. The van der Waals surface area contributed by atoms with Gasteiger partial charge in [0.2, 0.25) is 6.41 Å². The predicted octanol–water partition coefficient (Wildman–Crippen LogP) is 1.27. The maximum Gasteiger partial charge on any atom is 0.261 e. The number of carbonyl (C=O) groups excluding carboxylic acids is 2. The molecular weight excluding hydrogens is 236 g/mol. The van der Waals surface area contributed by atoms with Crippen LogP contribution in [0.5, 0.6) is 0 Å². The third-order valence-corrected chi connectivity index (χ3v) is 2.89. The van der Waals surface area contributed by atoms with E-state index in [4.69, 9.17) is 11.6 Å². The number of carbonyl (C=O) groups is 2. The molecule has 0 fully saturated rings. The van der Waals surface area contributed by atoms with Crippen molar-refractivity contribution in [2.45, 2.75) is 6.42 Å². The van der Waals surface area contributed by atoms with Gasteiger partial charge < -0.3 is 10.6 Å². The van der Waals surface area contributed by atoms with Crippen LogP contribution in [0.3, 0.4) is 0 Å². The van der Waals surface area contributed by atoms with E-state index in [1.165, 1.54) is 11.3 Å². The van der Waals surface area contributed by atoms with Crippen molar-refractivity contribution in [1.82, 2.24) is 10.6 Å². The Kier molecular flexibility index (Phi) is 5.14. The van der Waals surface area contributed by atoms with Crippen molar-refractivity contribution in [2.24, 2.45) is 0 Å². The molecule has 0 saturated heterocycles. The van der Waals surface area contributed by atoms with Crippen molar-refractivity contribution in [3.8, 4) is 0 Å². The molecule has 0 aliphatic carbocycles. The monoisotopic (exact) mass is 246 g/mol. The number of hydrogen-bond acceptors (Lipinski definition) is 3. The molecule has 1 aromatic rings. The highest BCUT2D eigenvalue weighted by molar-refractivity contribution is 7.17. The van der Waals surface area contributed by atoms with Crippen LogP contribution in [0, 0.1) is 0 Å². The fourth-order valence-corrected chi connectivity index (χ4v) is 1.93. The highest BCUT2D eigenvalue weighted by Crippen LogP contribution is 2.20. The zero-order valence-corrected chi connectivity index (χ0v) is 9.53. The predicted molar refractivity (Wildman–Crippen MR) is 60.3 cm³/mol. The van der Waals surface area contributed by atoms with Crippen molar-refractivity contribution in [3.63, 3.8) is 0 Å². The van der Waals surface area contributed by atoms with Crippen LogP contribution in [0.2, 0.25) is 4.34 Å². The van der Waals surface area contributed by atoms with Gasteiger partial charge in [0.05, 0.1) is 9.21 Å². The molecule has 4 nitrogen and oxygen atoms in total. The minimum atomic E-state index is -0.127. The number of halogens is 1. The van der Waals surface area contributed by atoms with Gasteiger partial charge in [0.15, 0.2) is 0 Å². The Bertz CT molecular complexity index is 341. The van der Waals surface area contributed by atoms with Gasteiger partial charge in [-0.1, -0.05) is 11.6 Å². The Morgan fingerprint density at radius 1 is 1.47 bits per heavy atom. The number of amides is 2. The number of nitrogens with one attached hydrogen (secondary N) is 2. The fourth-order valence-electron chi connectivity index (χ4n) is 0.975. The molecule has 0 atom stereocenters. The summed E-state index contributed by atoms with van der Waals surface area (Å²) in [6.07, 6.45) is 1.35. The highest BCUT2D eigenvalue weighted by atomic mass is 35.5. The molecular formula is C9H11ClN2O2S. The molecule has 0 bridgehead atoms. The standard InChI is InChI=1S/C9H11ClN2O2S/c10-8-3-2-7(15-8)9(14)12-5-1-4-11-6-13/h2-3,6H,1,4-5H2,(H,11,13)(H,12,14). The van der Waals surface area contributed by atoms with Gasteiger partial charge in [-0.25, -0.2) is 0 Å². The lowest BCUT2D eigenvalue weighted by Gasteiger charge is -2.02. The summed E-state index contributed by atoms with van der Waals surface area (Å²) in [6, 6.07) is 3.38. The van der Waals surface area contributed by atoms with E-state index in [1.807, 2.05) is 0 Å². The molecule has 6 heteroatoms. The van der Waals surface area contributed by atoms with Crippen molar-refractivity contribution in [3.05, 3.63) is 21.3 Å². The molecule has 0 aromatic carbocycles. The van der Waals surface area contributed by atoms with Crippen LogP contribution >= 0.6 is 22.9 Å². The lowest BCUT2D eigenvalue weighted by molar-refractivity contribution is -0.109. The average molecular weight is 247 g/mol. The van der Waals surface area contributed by atoms with Gasteiger partial charge in [-0.2, -0.15) is 0 Å². The van der Waals surface area contributed by atoms with Crippen LogP contribution in [0.1, 0.15) is 16.1 Å². The Hall–Kier alpha value is -1.07. The van der Waals surface area contributed by atoms with Crippen LogP contribution in [-0.2, 0) is 4.79 Å². The van der Waals surface area contributed by atoms with Crippen LogP contribution in [0.4, 0.5) is 0 Å². The third kappa shape index (κ3) is 4.31. The first-order valence-corrected chi connectivity index (χ1v) is 5.64. The maximum atomic E-state index is 11.4. The van der Waals surface area contributed by atoms with E-state index in [0.717, 1.165) is 0 Å². The van der Waals surface area contributed by atoms with Crippen LogP contribution in [0.15, 0.2) is 12.1 Å². The van der Waals surface area contributed by atoms with E-state index in [2.05, 4.69) is 10.6 Å². The van der Waals surface area contributed by atoms with Gasteiger partial charge in [0.1, 0.15) is 0 Å². The summed E-state index contributed by atoms with van der Waals surface area (Å²) in [5.41, 5.74) is 0. The van der Waals surface area contributed by atoms with Crippen molar-refractivity contribution in [1.29, 1.82) is 0 Å². The first-order chi connectivity index (χ1) is 7.24. The highest BCUT2D eigenvalue weighted by Gasteiger charge is 2.06. The molecule has 1 rings (SSSR count). The Morgan fingerprint density at radius 2 is 2.27 bits per heavy atom. The van der Waals surface area contributed by atoms with E-state index >= 15 is 0 Å². The number of thiophene rings is 1. The zero-order valence-electron chi connectivity index (χ0n) is 7.96. The lowest BCUT2D eigenvalue weighted by Crippen LogP contribution is -2.26. The van der Waals surface area contributed by atoms with Gasteiger partial charge in [0, 0.05) is 13.1 Å². The molecule has 0 aliphatic rings. The molecule has 82 valence electrons. The van der Waals surface area contributed by atoms with Crippen LogP contribution in [0.25, 0.3) is 0 Å². The lowest BCUT2D eigenvalue weighted by atomic mass is 10.4. The smallest absolute Gasteiger partial charge is 0.261 e. The Balaban J connectivity index is 2.22. The van der Waals surface area contributed by atoms with E-state index in [0.29, 0.717) is 35.1 Å². The van der Waals surface area contributed by atoms with Crippen molar-refractivity contribution < 1.29 is 9.59 Å². The SMILES string of the molecule is O=CNCCCNC(=O)c1ccc(Cl)s1. The van der Waals surface area contributed by atoms with Crippen LogP contribution < -0.4 is 10.6 Å². The van der Waals surface area contributed by atoms with E-state index in [9.17, 15) is 9.59 Å². The Labute approximate surface area is 96.6 Å². The third-order valence-electron chi connectivity index (χ3n) is 1.66. The first-order valence-electron chi connectivity index (χ1n) is 4.44. The average Bonchev–Trinajstić information content (AvgIpc) is 2.64. The molecule has 0 unspecified atom stereocenters. The van der Waals surface area contributed by atoms with E-state index < -0.39 is 0 Å². The van der Waals surface area contributed by atoms with E-state index in [1.54, 1.807) is 12.1 Å². The fraction of sp³-hybridized carbons (Fsp3) is 0.333. The van der Waals surface area contributed by atoms with Gasteiger partial charge >= 0.3 is 0 Å². The van der Waals surface area contributed by atoms with Gasteiger partial charge in [-0.15, -0.1) is 11.3 Å². The quantitative estimate of drug-likeness (QED) is 0.587. The molecule has 15 heavy (non-hydrogen) atoms. The van der Waals surface area contributed by atoms with Crippen molar-refractivity contribution >= 4 is 35.3 Å². The molecule has 1 aromatic heterocycles. The largest absolute Gasteiger partial charge is 0.359 e. The summed E-state index contributed by atoms with van der Waals surface area (Å²) >= 11 is 6.94. The minimum absolute atomic E-state index is 0.127. The summed E-state index contributed by atoms with van der Waals surface area (Å²) in [6.45, 7) is 1.10.